The number of likely N-dealkylation sites (N-methyl/N-ethyl adjacent to an activating group) is 1. The minimum Gasteiger partial charge on any atom is -0.457 e. The number of benzene rings is 1. The average molecular weight is 736 g/mol. The lowest BCUT2D eigenvalue weighted by Gasteiger charge is -2.37. The number of cyclic esters (lactones) is 1. The third-order valence-corrected chi connectivity index (χ3v) is 11.1. The summed E-state index contributed by atoms with van der Waals surface area (Å²) in [7, 11) is 2.07. The lowest BCUT2D eigenvalue weighted by atomic mass is 9.78. The number of esters is 1. The van der Waals surface area contributed by atoms with Crippen molar-refractivity contribution in [3.05, 3.63) is 66.3 Å². The van der Waals surface area contributed by atoms with Crippen LogP contribution in [0.3, 0.4) is 0 Å². The van der Waals surface area contributed by atoms with E-state index in [1.54, 1.807) is 4.90 Å². The quantitative estimate of drug-likeness (QED) is 0.0791. The number of rotatable bonds is 11. The van der Waals surface area contributed by atoms with Crippen LogP contribution >= 0.6 is 0 Å². The number of carbonyl (C=O) groups is 3. The number of hydrogen-bond donors (Lipinski definition) is 1. The summed E-state index contributed by atoms with van der Waals surface area (Å²) in [4.78, 5) is 42.9. The number of para-hydroxylation sites is 1. The van der Waals surface area contributed by atoms with Crippen molar-refractivity contribution < 1.29 is 33.3 Å². The standard InChI is InChI=1S/C43H65N3O7/c1-10-35(51-41(48)44-34-17-12-11-13-18-34)33(6)40-36(50-40)27-29(2)15-14-16-31(4)39-32(5)19-20-37(52-42(49)46-25-23-45(9)24-26-46)43(7,8)22-21-30(3)28-38(47)53-39/h11-20,29-30,32-33,35-37,39-40H,10,21-28H2,1-9H3,(H,44,48)/b15-14+,20-19+,31-16+. The normalized spacial score (nSPS) is 29.5. The van der Waals surface area contributed by atoms with Gasteiger partial charge in [0.15, 0.2) is 0 Å². The molecule has 0 saturated carbocycles. The Morgan fingerprint density at radius 3 is 2.45 bits per heavy atom. The maximum Gasteiger partial charge on any atom is 0.411 e. The average Bonchev–Trinajstić information content (AvgIpc) is 3.88. The fourth-order valence-electron chi connectivity index (χ4n) is 7.29. The molecular weight excluding hydrogens is 670 g/mol. The SMILES string of the molecule is CCC(OC(=O)Nc1ccccc1)C(C)C1OC1CC(C)/C=C/C=C(\C)C1OC(=O)CC(C)CCC(C)(C)C(OC(=O)N2CCN(C)CC2)/C=C/C1C. The number of allylic oxidation sites excluding steroid dienone is 3. The van der Waals surface area contributed by atoms with Crippen LogP contribution in [0.4, 0.5) is 15.3 Å². The molecule has 0 bridgehead atoms. The Morgan fingerprint density at radius 1 is 1.08 bits per heavy atom. The largest absolute Gasteiger partial charge is 0.457 e. The van der Waals surface area contributed by atoms with E-state index in [1.807, 2.05) is 75.4 Å². The first-order valence-electron chi connectivity index (χ1n) is 19.7. The number of amides is 2. The number of anilines is 1. The van der Waals surface area contributed by atoms with E-state index < -0.39 is 18.3 Å². The minimum absolute atomic E-state index is 0.0397. The number of hydrogen-bond acceptors (Lipinski definition) is 8. The summed E-state index contributed by atoms with van der Waals surface area (Å²) in [5, 5.41) is 2.80. The van der Waals surface area contributed by atoms with E-state index in [-0.39, 0.29) is 59.5 Å². The van der Waals surface area contributed by atoms with E-state index in [0.717, 1.165) is 37.9 Å². The Morgan fingerprint density at radius 2 is 1.77 bits per heavy atom. The number of epoxide rings is 1. The highest BCUT2D eigenvalue weighted by molar-refractivity contribution is 5.84. The predicted octanol–water partition coefficient (Wildman–Crippen LogP) is 8.65. The van der Waals surface area contributed by atoms with E-state index >= 15 is 0 Å². The van der Waals surface area contributed by atoms with Crippen molar-refractivity contribution in [3.8, 4) is 0 Å². The minimum atomic E-state index is -0.454. The summed E-state index contributed by atoms with van der Waals surface area (Å²) in [6, 6.07) is 9.30. The molecule has 2 saturated heterocycles. The maximum absolute atomic E-state index is 13.3. The van der Waals surface area contributed by atoms with Crippen LogP contribution in [0, 0.1) is 29.1 Å². The Labute approximate surface area is 318 Å². The smallest absolute Gasteiger partial charge is 0.411 e. The first kappa shape index (κ1) is 42.1. The third kappa shape index (κ3) is 13.0. The summed E-state index contributed by atoms with van der Waals surface area (Å²) < 4.78 is 24.2. The molecule has 1 aromatic rings. The van der Waals surface area contributed by atoms with E-state index in [1.165, 1.54) is 0 Å². The van der Waals surface area contributed by atoms with Crippen molar-refractivity contribution >= 4 is 23.8 Å². The van der Waals surface area contributed by atoms with Gasteiger partial charge in [-0.1, -0.05) is 91.0 Å². The summed E-state index contributed by atoms with van der Waals surface area (Å²) in [6.45, 7) is 19.7. The molecule has 0 radical (unpaired) electrons. The van der Waals surface area contributed by atoms with E-state index in [2.05, 4.69) is 58.0 Å². The molecule has 1 aromatic carbocycles. The van der Waals surface area contributed by atoms with Crippen molar-refractivity contribution in [1.29, 1.82) is 0 Å². The second-order valence-corrected chi connectivity index (χ2v) is 16.4. The van der Waals surface area contributed by atoms with Crippen molar-refractivity contribution in [2.24, 2.45) is 29.1 Å². The van der Waals surface area contributed by atoms with Gasteiger partial charge in [-0.25, -0.2) is 9.59 Å². The van der Waals surface area contributed by atoms with Gasteiger partial charge in [0.05, 0.1) is 12.2 Å². The molecule has 4 rings (SSSR count). The Bertz CT molecular complexity index is 1430. The molecule has 9 unspecified atom stereocenters. The molecule has 2 fully saturated rings. The van der Waals surface area contributed by atoms with E-state index in [9.17, 15) is 14.4 Å². The Hall–Kier alpha value is -3.63. The van der Waals surface area contributed by atoms with Crippen molar-refractivity contribution in [2.75, 3.05) is 38.5 Å². The molecule has 53 heavy (non-hydrogen) atoms. The number of carbonyl (C=O) groups excluding carboxylic acids is 3. The van der Waals surface area contributed by atoms with Crippen molar-refractivity contribution in [1.82, 2.24) is 9.80 Å². The van der Waals surface area contributed by atoms with Crippen molar-refractivity contribution in [2.45, 2.75) is 118 Å². The molecule has 2 amide bonds. The molecular formula is C43H65N3O7. The highest BCUT2D eigenvalue weighted by Gasteiger charge is 2.46. The van der Waals surface area contributed by atoms with E-state index in [4.69, 9.17) is 18.9 Å². The molecule has 9 atom stereocenters. The Balaban J connectivity index is 1.36. The van der Waals surface area contributed by atoms with Crippen LogP contribution in [0.15, 0.2) is 66.3 Å². The molecule has 0 spiro atoms. The molecule has 294 valence electrons. The zero-order chi connectivity index (χ0) is 38.7. The van der Waals surface area contributed by atoms with Gasteiger partial charge in [0.2, 0.25) is 0 Å². The fraction of sp³-hybridized carbons (Fsp3) is 0.651. The zero-order valence-electron chi connectivity index (χ0n) is 33.6. The number of nitrogens with zero attached hydrogens (tertiary/aromatic N) is 2. The van der Waals surface area contributed by atoms with Gasteiger partial charge in [0.25, 0.3) is 0 Å². The second-order valence-electron chi connectivity index (χ2n) is 16.4. The van der Waals surface area contributed by atoms with Crippen molar-refractivity contribution in [3.63, 3.8) is 0 Å². The van der Waals surface area contributed by atoms with Gasteiger partial charge in [-0.15, -0.1) is 0 Å². The van der Waals surface area contributed by atoms with Gasteiger partial charge in [0, 0.05) is 55.5 Å². The summed E-state index contributed by atoms with van der Waals surface area (Å²) in [6.07, 6.45) is 12.1. The monoisotopic (exact) mass is 735 g/mol. The first-order chi connectivity index (χ1) is 25.2. The molecule has 1 N–H and O–H groups in total. The summed E-state index contributed by atoms with van der Waals surface area (Å²) >= 11 is 0. The number of nitrogens with one attached hydrogen (secondary N) is 1. The number of ether oxygens (including phenoxy) is 4. The topological polar surface area (TPSA) is 110 Å². The summed E-state index contributed by atoms with van der Waals surface area (Å²) in [5.74, 6) is 0.128. The molecule has 10 heteroatoms. The van der Waals surface area contributed by atoms with Gasteiger partial charge in [-0.3, -0.25) is 10.1 Å². The van der Waals surface area contributed by atoms with Crippen LogP contribution < -0.4 is 5.32 Å². The second kappa shape index (κ2) is 19.6. The summed E-state index contributed by atoms with van der Waals surface area (Å²) in [5.41, 5.74) is 1.34. The van der Waals surface area contributed by atoms with Crippen LogP contribution in [0.2, 0.25) is 0 Å². The molecule has 3 aliphatic rings. The Kier molecular flexibility index (Phi) is 15.6. The van der Waals surface area contributed by atoms with Gasteiger partial charge in [-0.2, -0.15) is 0 Å². The number of piperazine rings is 1. The molecule has 10 nitrogen and oxygen atoms in total. The third-order valence-electron chi connectivity index (χ3n) is 11.1. The van der Waals surface area contributed by atoms with E-state index in [0.29, 0.717) is 31.6 Å². The predicted molar refractivity (Wildman–Crippen MR) is 209 cm³/mol. The van der Waals surface area contributed by atoms with Gasteiger partial charge >= 0.3 is 18.2 Å². The van der Waals surface area contributed by atoms with Gasteiger partial charge in [0.1, 0.15) is 18.3 Å². The first-order valence-corrected chi connectivity index (χ1v) is 19.7. The van der Waals surface area contributed by atoms with Crippen LogP contribution in [0.25, 0.3) is 0 Å². The molecule has 3 heterocycles. The fourth-order valence-corrected chi connectivity index (χ4v) is 7.29. The van der Waals surface area contributed by atoms with Crippen LogP contribution in [-0.4, -0.2) is 91.7 Å². The lowest BCUT2D eigenvalue weighted by Crippen LogP contribution is -2.49. The lowest BCUT2D eigenvalue weighted by molar-refractivity contribution is -0.149. The molecule has 0 aromatic heterocycles. The van der Waals surface area contributed by atoms with Crippen LogP contribution in [0.1, 0.15) is 87.5 Å². The highest BCUT2D eigenvalue weighted by Crippen LogP contribution is 2.38. The molecule has 3 aliphatic heterocycles. The van der Waals surface area contributed by atoms with Gasteiger partial charge in [-0.05, 0) is 75.3 Å². The maximum atomic E-state index is 13.3. The van der Waals surface area contributed by atoms with Gasteiger partial charge < -0.3 is 28.7 Å². The highest BCUT2D eigenvalue weighted by atomic mass is 16.6. The molecule has 0 aliphatic carbocycles. The zero-order valence-corrected chi connectivity index (χ0v) is 33.6. The van der Waals surface area contributed by atoms with Crippen LogP contribution in [0.5, 0.6) is 0 Å². The van der Waals surface area contributed by atoms with Crippen LogP contribution in [-0.2, 0) is 23.7 Å².